The van der Waals surface area contributed by atoms with Crippen LogP contribution in [0.5, 0.6) is 0 Å². The van der Waals surface area contributed by atoms with Crippen molar-refractivity contribution in [3.8, 4) is 0 Å². The van der Waals surface area contributed by atoms with Gasteiger partial charge in [0.15, 0.2) is 0 Å². The summed E-state index contributed by atoms with van der Waals surface area (Å²) in [6.45, 7) is 0.396. The standard InChI is InChI=1S/C15H17N3O/c16-11-13(10-12-6-2-1-3-7-12)18-15(19)14-8-4-5-9-17-14/h1-9,13H,10-11,16H2,(H,18,19). The van der Waals surface area contributed by atoms with Crippen LogP contribution in [0.25, 0.3) is 0 Å². The molecule has 1 aromatic carbocycles. The minimum atomic E-state index is -0.188. The molecular weight excluding hydrogens is 238 g/mol. The summed E-state index contributed by atoms with van der Waals surface area (Å²) in [5, 5.41) is 2.91. The van der Waals surface area contributed by atoms with Crippen LogP contribution in [0.2, 0.25) is 0 Å². The van der Waals surface area contributed by atoms with Gasteiger partial charge in [0.2, 0.25) is 0 Å². The van der Waals surface area contributed by atoms with Gasteiger partial charge in [-0.2, -0.15) is 0 Å². The van der Waals surface area contributed by atoms with Crippen LogP contribution in [0.15, 0.2) is 54.7 Å². The predicted molar refractivity (Wildman–Crippen MR) is 74.7 cm³/mol. The molecular formula is C15H17N3O. The number of nitrogens with one attached hydrogen (secondary N) is 1. The lowest BCUT2D eigenvalue weighted by molar-refractivity contribution is 0.0933. The largest absolute Gasteiger partial charge is 0.346 e. The number of rotatable bonds is 5. The van der Waals surface area contributed by atoms with Crippen LogP contribution in [0, 0.1) is 0 Å². The summed E-state index contributed by atoms with van der Waals surface area (Å²) < 4.78 is 0. The van der Waals surface area contributed by atoms with E-state index < -0.39 is 0 Å². The predicted octanol–water partition coefficient (Wildman–Crippen LogP) is 1.38. The molecule has 0 saturated heterocycles. The van der Waals surface area contributed by atoms with Gasteiger partial charge in [0.05, 0.1) is 0 Å². The molecule has 98 valence electrons. The van der Waals surface area contributed by atoms with E-state index >= 15 is 0 Å². The summed E-state index contributed by atoms with van der Waals surface area (Å²) in [5.41, 5.74) is 7.28. The highest BCUT2D eigenvalue weighted by atomic mass is 16.1. The second kappa shape index (κ2) is 6.66. The first-order valence-corrected chi connectivity index (χ1v) is 6.25. The minimum absolute atomic E-state index is 0.0862. The summed E-state index contributed by atoms with van der Waals surface area (Å²) >= 11 is 0. The van der Waals surface area contributed by atoms with Crippen molar-refractivity contribution in [1.82, 2.24) is 10.3 Å². The Morgan fingerprint density at radius 1 is 1.16 bits per heavy atom. The molecule has 2 rings (SSSR count). The molecule has 0 aliphatic rings. The van der Waals surface area contributed by atoms with Crippen LogP contribution >= 0.6 is 0 Å². The average Bonchev–Trinajstić information content (AvgIpc) is 2.48. The Balaban J connectivity index is 1.98. The van der Waals surface area contributed by atoms with Crippen molar-refractivity contribution >= 4 is 5.91 Å². The second-order valence-electron chi connectivity index (χ2n) is 4.31. The lowest BCUT2D eigenvalue weighted by Crippen LogP contribution is -2.42. The van der Waals surface area contributed by atoms with Gasteiger partial charge in [-0.15, -0.1) is 0 Å². The molecule has 19 heavy (non-hydrogen) atoms. The van der Waals surface area contributed by atoms with Crippen LogP contribution in [0.1, 0.15) is 16.1 Å². The topological polar surface area (TPSA) is 68.0 Å². The lowest BCUT2D eigenvalue weighted by atomic mass is 10.1. The highest BCUT2D eigenvalue weighted by Gasteiger charge is 2.13. The van der Waals surface area contributed by atoms with Crippen molar-refractivity contribution in [2.24, 2.45) is 5.73 Å². The van der Waals surface area contributed by atoms with Gasteiger partial charge in [-0.25, -0.2) is 0 Å². The maximum absolute atomic E-state index is 12.0. The Kier molecular flexibility index (Phi) is 4.64. The van der Waals surface area contributed by atoms with Crippen molar-refractivity contribution in [2.45, 2.75) is 12.5 Å². The quantitative estimate of drug-likeness (QED) is 0.848. The second-order valence-corrected chi connectivity index (χ2v) is 4.31. The molecule has 1 aromatic heterocycles. The molecule has 4 nitrogen and oxygen atoms in total. The first kappa shape index (κ1) is 13.2. The number of carbonyl (C=O) groups excluding carboxylic acids is 1. The molecule has 0 bridgehead atoms. The van der Waals surface area contributed by atoms with Crippen LogP contribution < -0.4 is 11.1 Å². The van der Waals surface area contributed by atoms with E-state index in [1.807, 2.05) is 30.3 Å². The number of carbonyl (C=O) groups is 1. The number of hydrogen-bond acceptors (Lipinski definition) is 3. The van der Waals surface area contributed by atoms with Gasteiger partial charge in [-0.05, 0) is 24.1 Å². The first-order valence-electron chi connectivity index (χ1n) is 6.25. The monoisotopic (exact) mass is 255 g/mol. The van der Waals surface area contributed by atoms with Crippen LogP contribution in [-0.2, 0) is 6.42 Å². The van der Waals surface area contributed by atoms with E-state index in [9.17, 15) is 4.79 Å². The van der Waals surface area contributed by atoms with Crippen molar-refractivity contribution < 1.29 is 4.79 Å². The third-order valence-corrected chi connectivity index (χ3v) is 2.84. The normalized spacial score (nSPS) is 11.8. The lowest BCUT2D eigenvalue weighted by Gasteiger charge is -2.16. The highest BCUT2D eigenvalue weighted by molar-refractivity contribution is 5.92. The summed E-state index contributed by atoms with van der Waals surface area (Å²) in [4.78, 5) is 16.0. The summed E-state index contributed by atoms with van der Waals surface area (Å²) in [5.74, 6) is -0.188. The summed E-state index contributed by atoms with van der Waals surface area (Å²) in [6.07, 6.45) is 2.32. The van der Waals surface area contributed by atoms with E-state index in [1.54, 1.807) is 24.4 Å². The third-order valence-electron chi connectivity index (χ3n) is 2.84. The van der Waals surface area contributed by atoms with Gasteiger partial charge in [0.25, 0.3) is 5.91 Å². The number of amides is 1. The zero-order chi connectivity index (χ0) is 13.5. The van der Waals surface area contributed by atoms with Gasteiger partial charge < -0.3 is 11.1 Å². The highest BCUT2D eigenvalue weighted by Crippen LogP contribution is 2.03. The molecule has 0 saturated carbocycles. The van der Waals surface area contributed by atoms with E-state index in [2.05, 4.69) is 10.3 Å². The first-order chi connectivity index (χ1) is 9.29. The molecule has 0 spiro atoms. The van der Waals surface area contributed by atoms with Crippen molar-refractivity contribution in [3.63, 3.8) is 0 Å². The molecule has 3 N–H and O–H groups in total. The fraction of sp³-hybridized carbons (Fsp3) is 0.200. The van der Waals surface area contributed by atoms with E-state index in [1.165, 1.54) is 0 Å². The molecule has 1 heterocycles. The van der Waals surface area contributed by atoms with Crippen molar-refractivity contribution in [2.75, 3.05) is 6.54 Å². The number of aromatic nitrogens is 1. The van der Waals surface area contributed by atoms with Gasteiger partial charge >= 0.3 is 0 Å². The van der Waals surface area contributed by atoms with Gasteiger partial charge in [-0.1, -0.05) is 36.4 Å². The fourth-order valence-electron chi connectivity index (χ4n) is 1.85. The molecule has 0 aliphatic heterocycles. The van der Waals surface area contributed by atoms with E-state index in [-0.39, 0.29) is 11.9 Å². The Morgan fingerprint density at radius 2 is 1.89 bits per heavy atom. The van der Waals surface area contributed by atoms with Gasteiger partial charge in [-0.3, -0.25) is 9.78 Å². The van der Waals surface area contributed by atoms with E-state index in [4.69, 9.17) is 5.73 Å². The molecule has 1 atom stereocenters. The van der Waals surface area contributed by atoms with Crippen LogP contribution in [0.4, 0.5) is 0 Å². The van der Waals surface area contributed by atoms with Crippen LogP contribution in [0.3, 0.4) is 0 Å². The molecule has 1 amide bonds. The molecule has 4 heteroatoms. The summed E-state index contributed by atoms with van der Waals surface area (Å²) in [7, 11) is 0. The third kappa shape index (κ3) is 3.89. The van der Waals surface area contributed by atoms with Gasteiger partial charge in [0.1, 0.15) is 5.69 Å². The van der Waals surface area contributed by atoms with Crippen molar-refractivity contribution in [1.29, 1.82) is 0 Å². The Bertz CT molecular complexity index is 513. The van der Waals surface area contributed by atoms with E-state index in [0.717, 1.165) is 12.0 Å². The number of nitrogens with zero attached hydrogens (tertiary/aromatic N) is 1. The van der Waals surface area contributed by atoms with Crippen molar-refractivity contribution in [3.05, 3.63) is 66.0 Å². The Hall–Kier alpha value is -2.20. The maximum atomic E-state index is 12.0. The SMILES string of the molecule is NCC(Cc1ccccc1)NC(=O)c1ccccn1. The summed E-state index contributed by atoms with van der Waals surface area (Å²) in [6, 6.07) is 15.1. The zero-order valence-corrected chi connectivity index (χ0v) is 10.6. The van der Waals surface area contributed by atoms with Gasteiger partial charge in [0, 0.05) is 18.8 Å². The fourth-order valence-corrected chi connectivity index (χ4v) is 1.85. The molecule has 0 radical (unpaired) electrons. The molecule has 2 aromatic rings. The maximum Gasteiger partial charge on any atom is 0.270 e. The number of hydrogen-bond donors (Lipinski definition) is 2. The zero-order valence-electron chi connectivity index (χ0n) is 10.6. The Labute approximate surface area is 112 Å². The molecule has 1 unspecified atom stereocenters. The number of nitrogens with two attached hydrogens (primary N) is 1. The van der Waals surface area contributed by atoms with Crippen LogP contribution in [-0.4, -0.2) is 23.5 Å². The number of pyridine rings is 1. The Morgan fingerprint density at radius 3 is 2.53 bits per heavy atom. The smallest absolute Gasteiger partial charge is 0.270 e. The average molecular weight is 255 g/mol. The molecule has 0 aliphatic carbocycles. The van der Waals surface area contributed by atoms with E-state index in [0.29, 0.717) is 12.2 Å². The number of benzene rings is 1. The minimum Gasteiger partial charge on any atom is -0.346 e. The molecule has 0 fully saturated rings.